The third-order valence-electron chi connectivity index (χ3n) is 6.46. The van der Waals surface area contributed by atoms with Gasteiger partial charge in [0, 0.05) is 36.6 Å². The molecule has 1 amide bonds. The first-order chi connectivity index (χ1) is 15.1. The van der Waals surface area contributed by atoms with Crippen molar-refractivity contribution in [2.24, 2.45) is 0 Å². The minimum atomic E-state index is -0.216. The molecule has 3 aromatic rings. The molecule has 5 rings (SSSR count). The van der Waals surface area contributed by atoms with Crippen LogP contribution in [0.5, 0.6) is 0 Å². The Hall–Kier alpha value is -2.77. The number of rotatable bonds is 5. The zero-order valence-corrected chi connectivity index (χ0v) is 17.6. The molecule has 1 N–H and O–H groups in total. The molecule has 1 aromatic heterocycles. The molecule has 2 saturated heterocycles. The Kier molecular flexibility index (Phi) is 5.46. The van der Waals surface area contributed by atoms with Crippen molar-refractivity contribution >= 4 is 16.8 Å². The van der Waals surface area contributed by atoms with Crippen LogP contribution in [0.3, 0.4) is 0 Å². The predicted molar refractivity (Wildman–Crippen MR) is 116 cm³/mol. The Balaban J connectivity index is 1.30. The highest BCUT2D eigenvalue weighted by Gasteiger charge is 2.39. The largest absolute Gasteiger partial charge is 0.378 e. The molecule has 2 unspecified atom stereocenters. The molecule has 2 aliphatic rings. The first kappa shape index (κ1) is 20.2. The highest BCUT2D eigenvalue weighted by molar-refractivity contribution is 6.05. The summed E-state index contributed by atoms with van der Waals surface area (Å²) in [5.74, 6) is -0.328. The summed E-state index contributed by atoms with van der Waals surface area (Å²) in [6, 6.07) is 15.1. The van der Waals surface area contributed by atoms with Crippen LogP contribution in [0.15, 0.2) is 48.5 Å². The minimum absolute atomic E-state index is 0.0846. The number of piperidine rings is 1. The van der Waals surface area contributed by atoms with Crippen molar-refractivity contribution < 1.29 is 13.9 Å². The van der Waals surface area contributed by atoms with Gasteiger partial charge in [-0.05, 0) is 43.5 Å². The van der Waals surface area contributed by atoms with Gasteiger partial charge in [-0.15, -0.1) is 0 Å². The molecular formula is C24H27FN4O2. The highest BCUT2D eigenvalue weighted by atomic mass is 19.1. The molecule has 0 radical (unpaired) electrons. The van der Waals surface area contributed by atoms with Crippen LogP contribution in [0, 0.1) is 5.82 Å². The van der Waals surface area contributed by atoms with Crippen LogP contribution in [-0.2, 0) is 17.8 Å². The second-order valence-electron chi connectivity index (χ2n) is 8.47. The zero-order chi connectivity index (χ0) is 21.4. The van der Waals surface area contributed by atoms with Gasteiger partial charge in [-0.25, -0.2) is 4.39 Å². The number of fused-ring (bicyclic) bond motifs is 3. The second kappa shape index (κ2) is 8.40. The lowest BCUT2D eigenvalue weighted by molar-refractivity contribution is -0.0843. The Morgan fingerprint density at radius 2 is 1.84 bits per heavy atom. The van der Waals surface area contributed by atoms with Crippen molar-refractivity contribution in [1.29, 1.82) is 0 Å². The average molecular weight is 423 g/mol. The van der Waals surface area contributed by atoms with Crippen LogP contribution in [0.4, 0.5) is 4.39 Å². The Bertz CT molecular complexity index is 1070. The number of aryl methyl sites for hydroxylation is 1. The van der Waals surface area contributed by atoms with Gasteiger partial charge in [0.2, 0.25) is 0 Å². The topological polar surface area (TPSA) is 59.4 Å². The molecule has 2 aliphatic heterocycles. The number of benzene rings is 2. The lowest BCUT2D eigenvalue weighted by atomic mass is 9.89. The summed E-state index contributed by atoms with van der Waals surface area (Å²) in [7, 11) is 0. The summed E-state index contributed by atoms with van der Waals surface area (Å²) >= 11 is 0. The van der Waals surface area contributed by atoms with Gasteiger partial charge >= 0.3 is 0 Å². The van der Waals surface area contributed by atoms with Crippen LogP contribution >= 0.6 is 0 Å². The molecule has 3 heterocycles. The normalized spacial score (nSPS) is 23.7. The molecule has 2 fully saturated rings. The first-order valence-corrected chi connectivity index (χ1v) is 11.0. The van der Waals surface area contributed by atoms with E-state index in [1.54, 1.807) is 0 Å². The zero-order valence-electron chi connectivity index (χ0n) is 17.6. The number of morpholine rings is 1. The molecule has 2 atom stereocenters. The Morgan fingerprint density at radius 3 is 2.55 bits per heavy atom. The standard InChI is InChI=1S/C24H27FN4O2/c1-2-29-22-6-4-3-5-21(22)23(27-29)24(30)26-18-11-19-14-31-15-20(12-18)28(19)13-16-7-9-17(25)10-8-16/h3-10,18-20H,2,11-15H2,1H3,(H,26,30). The number of para-hydroxylation sites is 1. The van der Waals surface area contributed by atoms with E-state index in [0.717, 1.165) is 42.4 Å². The van der Waals surface area contributed by atoms with E-state index in [9.17, 15) is 9.18 Å². The second-order valence-corrected chi connectivity index (χ2v) is 8.47. The number of carbonyl (C=O) groups excluding carboxylic acids is 1. The van der Waals surface area contributed by atoms with Crippen LogP contribution in [0.25, 0.3) is 10.9 Å². The van der Waals surface area contributed by atoms with Crippen LogP contribution in [0.2, 0.25) is 0 Å². The van der Waals surface area contributed by atoms with Gasteiger partial charge in [-0.1, -0.05) is 30.3 Å². The van der Waals surface area contributed by atoms with Crippen LogP contribution in [-0.4, -0.2) is 51.9 Å². The molecule has 162 valence electrons. The van der Waals surface area contributed by atoms with Crippen molar-refractivity contribution in [3.63, 3.8) is 0 Å². The summed E-state index contributed by atoms with van der Waals surface area (Å²) in [5.41, 5.74) is 2.57. The predicted octanol–water partition coefficient (Wildman–Crippen LogP) is 3.36. The van der Waals surface area contributed by atoms with E-state index >= 15 is 0 Å². The first-order valence-electron chi connectivity index (χ1n) is 11.0. The number of hydrogen-bond donors (Lipinski definition) is 1. The van der Waals surface area contributed by atoms with E-state index in [1.165, 1.54) is 12.1 Å². The molecule has 31 heavy (non-hydrogen) atoms. The molecule has 2 aromatic carbocycles. The lowest BCUT2D eigenvalue weighted by Crippen LogP contribution is -2.60. The van der Waals surface area contributed by atoms with E-state index in [4.69, 9.17) is 4.74 Å². The number of halogens is 1. The molecule has 0 aliphatic carbocycles. The summed E-state index contributed by atoms with van der Waals surface area (Å²) in [6.45, 7) is 4.82. The fraction of sp³-hybridized carbons (Fsp3) is 0.417. The molecule has 7 heteroatoms. The smallest absolute Gasteiger partial charge is 0.272 e. The monoisotopic (exact) mass is 422 g/mol. The van der Waals surface area contributed by atoms with Crippen molar-refractivity contribution in [2.75, 3.05) is 13.2 Å². The van der Waals surface area contributed by atoms with Crippen LogP contribution in [0.1, 0.15) is 35.8 Å². The quantitative estimate of drug-likeness (QED) is 0.685. The number of ether oxygens (including phenoxy) is 1. The van der Waals surface area contributed by atoms with Gasteiger partial charge < -0.3 is 10.1 Å². The maximum atomic E-state index is 13.2. The highest BCUT2D eigenvalue weighted by Crippen LogP contribution is 2.30. The van der Waals surface area contributed by atoms with E-state index in [1.807, 2.05) is 48.0 Å². The maximum absolute atomic E-state index is 13.2. The van der Waals surface area contributed by atoms with E-state index in [-0.39, 0.29) is 29.8 Å². The number of nitrogens with one attached hydrogen (secondary N) is 1. The maximum Gasteiger partial charge on any atom is 0.272 e. The lowest BCUT2D eigenvalue weighted by Gasteiger charge is -2.48. The molecule has 6 nitrogen and oxygen atoms in total. The number of hydrogen-bond acceptors (Lipinski definition) is 4. The van der Waals surface area contributed by atoms with E-state index in [0.29, 0.717) is 18.9 Å². The number of carbonyl (C=O) groups is 1. The fourth-order valence-corrected chi connectivity index (χ4v) is 4.96. The third kappa shape index (κ3) is 3.95. The average Bonchev–Trinajstić information content (AvgIpc) is 3.15. The Morgan fingerprint density at radius 1 is 1.13 bits per heavy atom. The Labute approximate surface area is 181 Å². The molecular weight excluding hydrogens is 395 g/mol. The fourth-order valence-electron chi connectivity index (χ4n) is 4.96. The summed E-state index contributed by atoms with van der Waals surface area (Å²) in [5, 5.41) is 8.69. The van der Waals surface area contributed by atoms with E-state index < -0.39 is 0 Å². The molecule has 0 spiro atoms. The minimum Gasteiger partial charge on any atom is -0.378 e. The van der Waals surface area contributed by atoms with Gasteiger partial charge in [0.25, 0.3) is 5.91 Å². The molecule has 0 saturated carbocycles. The summed E-state index contributed by atoms with van der Waals surface area (Å²) in [4.78, 5) is 15.6. The summed E-state index contributed by atoms with van der Waals surface area (Å²) < 4.78 is 20.9. The van der Waals surface area contributed by atoms with Crippen molar-refractivity contribution in [3.8, 4) is 0 Å². The SMILES string of the molecule is CCn1nc(C(=O)NC2CC3COCC(C2)N3Cc2ccc(F)cc2)c2ccccc21. The van der Waals surface area contributed by atoms with Gasteiger partial charge in [-0.3, -0.25) is 14.4 Å². The van der Waals surface area contributed by atoms with Crippen molar-refractivity contribution in [1.82, 2.24) is 20.0 Å². The third-order valence-corrected chi connectivity index (χ3v) is 6.46. The van der Waals surface area contributed by atoms with E-state index in [2.05, 4.69) is 15.3 Å². The number of nitrogens with zero attached hydrogens (tertiary/aromatic N) is 3. The van der Waals surface area contributed by atoms with Crippen LogP contribution < -0.4 is 5.32 Å². The van der Waals surface area contributed by atoms with Gasteiger partial charge in [0.1, 0.15) is 5.82 Å². The van der Waals surface area contributed by atoms with Gasteiger partial charge in [0.05, 0.1) is 18.7 Å². The van der Waals surface area contributed by atoms with Crippen molar-refractivity contribution in [2.45, 2.75) is 51.0 Å². The van der Waals surface area contributed by atoms with Gasteiger partial charge in [0.15, 0.2) is 5.69 Å². The summed E-state index contributed by atoms with van der Waals surface area (Å²) in [6.07, 6.45) is 1.66. The van der Waals surface area contributed by atoms with Gasteiger partial charge in [-0.2, -0.15) is 5.10 Å². The number of amides is 1. The van der Waals surface area contributed by atoms with Crippen molar-refractivity contribution in [3.05, 3.63) is 65.6 Å². The number of aromatic nitrogens is 2. The molecule has 2 bridgehead atoms.